The monoisotopic (exact) mass is 316 g/mol. The van der Waals surface area contributed by atoms with Crippen molar-refractivity contribution < 1.29 is 18.3 Å². The molecule has 1 unspecified atom stereocenters. The molecule has 21 heavy (non-hydrogen) atoms. The van der Waals surface area contributed by atoms with Gasteiger partial charge in [0.05, 0.1) is 0 Å². The van der Waals surface area contributed by atoms with Crippen LogP contribution in [0.4, 0.5) is 0 Å². The summed E-state index contributed by atoms with van der Waals surface area (Å²) in [6.07, 6.45) is 1.76. The number of nitrogens with one attached hydrogen (secondary N) is 2. The predicted octanol–water partition coefficient (Wildman–Crippen LogP) is 2.43. The summed E-state index contributed by atoms with van der Waals surface area (Å²) >= 11 is 0. The fourth-order valence-electron chi connectivity index (χ4n) is 2.75. The van der Waals surface area contributed by atoms with Crippen molar-refractivity contribution in [3.05, 3.63) is 17.0 Å². The third-order valence-electron chi connectivity index (χ3n) is 3.95. The zero-order valence-electron chi connectivity index (χ0n) is 13.1. The topological polar surface area (TPSA) is 99.3 Å². The average Bonchev–Trinajstić information content (AvgIpc) is 2.66. The molecule has 0 saturated carbocycles. The van der Waals surface area contributed by atoms with Gasteiger partial charge in [0.1, 0.15) is 10.6 Å². The van der Waals surface area contributed by atoms with Gasteiger partial charge in [-0.15, -0.1) is 0 Å². The molecule has 1 atom stereocenters. The lowest BCUT2D eigenvalue weighted by Crippen LogP contribution is -2.38. The Morgan fingerprint density at radius 3 is 2.19 bits per heavy atom. The van der Waals surface area contributed by atoms with Crippen molar-refractivity contribution in [2.45, 2.75) is 58.4 Å². The highest BCUT2D eigenvalue weighted by molar-refractivity contribution is 7.89. The van der Waals surface area contributed by atoms with Crippen LogP contribution in [0.1, 0.15) is 55.4 Å². The molecule has 0 aliphatic carbocycles. The number of H-pyrrole nitrogens is 1. The first kappa shape index (κ1) is 17.7. The Bertz CT molecular complexity index is 615. The molecule has 3 N–H and O–H groups in total. The van der Waals surface area contributed by atoms with Gasteiger partial charge in [0.15, 0.2) is 0 Å². The summed E-state index contributed by atoms with van der Waals surface area (Å²) in [7, 11) is -3.74. The van der Waals surface area contributed by atoms with E-state index in [-0.39, 0.29) is 28.1 Å². The van der Waals surface area contributed by atoms with Crippen LogP contribution >= 0.6 is 0 Å². The van der Waals surface area contributed by atoms with Gasteiger partial charge in [-0.05, 0) is 26.7 Å². The second-order valence-corrected chi connectivity index (χ2v) is 7.02. The van der Waals surface area contributed by atoms with E-state index in [0.29, 0.717) is 5.69 Å². The maximum absolute atomic E-state index is 12.5. The van der Waals surface area contributed by atoms with Crippen LogP contribution < -0.4 is 4.72 Å². The third-order valence-corrected chi connectivity index (χ3v) is 5.78. The molecule has 0 bridgehead atoms. The summed E-state index contributed by atoms with van der Waals surface area (Å²) in [6.45, 7) is 8.95. The molecule has 0 amide bonds. The van der Waals surface area contributed by atoms with E-state index >= 15 is 0 Å². The number of carboxylic acid groups (broad SMARTS) is 1. The second-order valence-electron chi connectivity index (χ2n) is 5.37. The van der Waals surface area contributed by atoms with Gasteiger partial charge in [-0.25, -0.2) is 17.9 Å². The number of aryl methyl sites for hydroxylation is 1. The van der Waals surface area contributed by atoms with Gasteiger partial charge in [-0.2, -0.15) is 0 Å². The molecular formula is C14H24N2O4S. The van der Waals surface area contributed by atoms with Crippen LogP contribution in [0.3, 0.4) is 0 Å². The van der Waals surface area contributed by atoms with Gasteiger partial charge >= 0.3 is 5.97 Å². The van der Waals surface area contributed by atoms with Crippen molar-refractivity contribution in [3.8, 4) is 0 Å². The summed E-state index contributed by atoms with van der Waals surface area (Å²) in [6, 6.07) is -0.202. The Balaban J connectivity index is 3.18. The number of hydrogen-bond donors (Lipinski definition) is 3. The minimum absolute atomic E-state index is 0.0395. The summed E-state index contributed by atoms with van der Waals surface area (Å²) < 4.78 is 27.7. The van der Waals surface area contributed by atoms with Crippen LogP contribution in [0.15, 0.2) is 4.90 Å². The van der Waals surface area contributed by atoms with Gasteiger partial charge in [-0.3, -0.25) is 0 Å². The second kappa shape index (κ2) is 6.62. The first-order valence-corrected chi connectivity index (χ1v) is 8.58. The van der Waals surface area contributed by atoms with Crippen LogP contribution in [0.25, 0.3) is 0 Å². The van der Waals surface area contributed by atoms with Gasteiger partial charge in [0.2, 0.25) is 10.0 Å². The number of rotatable bonds is 7. The van der Waals surface area contributed by atoms with E-state index in [1.165, 1.54) is 6.92 Å². The molecule has 0 radical (unpaired) electrons. The normalized spacial score (nSPS) is 13.6. The Morgan fingerprint density at radius 2 is 1.81 bits per heavy atom. The Morgan fingerprint density at radius 1 is 1.29 bits per heavy atom. The predicted molar refractivity (Wildman–Crippen MR) is 81.1 cm³/mol. The van der Waals surface area contributed by atoms with E-state index in [9.17, 15) is 13.2 Å². The van der Waals surface area contributed by atoms with Crippen LogP contribution in [0.2, 0.25) is 0 Å². The van der Waals surface area contributed by atoms with Gasteiger partial charge in [0.25, 0.3) is 0 Å². The van der Waals surface area contributed by atoms with Crippen molar-refractivity contribution in [2.75, 3.05) is 0 Å². The van der Waals surface area contributed by atoms with Gasteiger partial charge < -0.3 is 10.1 Å². The van der Waals surface area contributed by atoms with E-state index in [1.54, 1.807) is 6.92 Å². The molecule has 7 heteroatoms. The van der Waals surface area contributed by atoms with Crippen LogP contribution in [-0.4, -0.2) is 30.5 Å². The van der Waals surface area contributed by atoms with Crippen LogP contribution in [-0.2, 0) is 10.0 Å². The molecule has 1 aromatic rings. The summed E-state index contributed by atoms with van der Waals surface area (Å²) in [4.78, 5) is 13.8. The first-order chi connectivity index (χ1) is 9.65. The third kappa shape index (κ3) is 3.65. The number of sulfonamides is 1. The molecule has 1 heterocycles. The maximum Gasteiger partial charge on any atom is 0.352 e. The molecule has 0 aliphatic heterocycles. The molecule has 120 valence electrons. The number of hydrogen-bond acceptors (Lipinski definition) is 3. The Labute approximate surface area is 126 Å². The van der Waals surface area contributed by atoms with Crippen LogP contribution in [0, 0.1) is 19.8 Å². The lowest BCUT2D eigenvalue weighted by atomic mass is 9.96. The molecule has 0 aromatic carbocycles. The Kier molecular flexibility index (Phi) is 5.58. The van der Waals surface area contributed by atoms with Crippen LogP contribution in [0.5, 0.6) is 0 Å². The van der Waals surface area contributed by atoms with E-state index in [0.717, 1.165) is 12.8 Å². The highest BCUT2D eigenvalue weighted by Gasteiger charge is 2.28. The molecule has 0 saturated heterocycles. The molecule has 0 aliphatic rings. The quantitative estimate of drug-likeness (QED) is 0.719. The first-order valence-electron chi connectivity index (χ1n) is 7.10. The van der Waals surface area contributed by atoms with E-state index in [2.05, 4.69) is 9.71 Å². The molecule has 0 spiro atoms. The standard InChI is InChI=1S/C14H24N2O4S/c1-6-11(7-2)9(4)16-21(19,20)13-8(3)12(14(17)18)15-10(13)5/h9,11,15-16H,6-7H2,1-5H3,(H,17,18). The smallest absolute Gasteiger partial charge is 0.352 e. The fraction of sp³-hybridized carbons (Fsp3) is 0.643. The number of aromatic amines is 1. The lowest BCUT2D eigenvalue weighted by Gasteiger charge is -2.22. The molecule has 0 fully saturated rings. The fourth-order valence-corrected chi connectivity index (χ4v) is 4.50. The molecular weight excluding hydrogens is 292 g/mol. The molecule has 1 aromatic heterocycles. The molecule has 6 nitrogen and oxygen atoms in total. The summed E-state index contributed by atoms with van der Waals surface area (Å²) in [5, 5.41) is 9.07. The maximum atomic E-state index is 12.5. The van der Waals surface area contributed by atoms with E-state index in [4.69, 9.17) is 5.11 Å². The number of carboxylic acids is 1. The highest BCUT2D eigenvalue weighted by Crippen LogP contribution is 2.24. The largest absolute Gasteiger partial charge is 0.477 e. The van der Waals surface area contributed by atoms with E-state index < -0.39 is 16.0 Å². The average molecular weight is 316 g/mol. The zero-order valence-corrected chi connectivity index (χ0v) is 14.0. The number of carbonyl (C=O) groups is 1. The van der Waals surface area contributed by atoms with Crippen molar-refractivity contribution in [3.63, 3.8) is 0 Å². The minimum atomic E-state index is -3.74. The summed E-state index contributed by atoms with van der Waals surface area (Å²) in [5.41, 5.74) is 0.501. The zero-order chi connectivity index (χ0) is 16.4. The van der Waals surface area contributed by atoms with Gasteiger partial charge in [-0.1, -0.05) is 26.7 Å². The van der Waals surface area contributed by atoms with Crippen molar-refractivity contribution in [2.24, 2.45) is 5.92 Å². The number of aromatic carboxylic acids is 1. The van der Waals surface area contributed by atoms with Crippen molar-refractivity contribution in [1.29, 1.82) is 0 Å². The number of aromatic nitrogens is 1. The minimum Gasteiger partial charge on any atom is -0.477 e. The van der Waals surface area contributed by atoms with Crippen molar-refractivity contribution in [1.82, 2.24) is 9.71 Å². The highest BCUT2D eigenvalue weighted by atomic mass is 32.2. The van der Waals surface area contributed by atoms with Crippen molar-refractivity contribution >= 4 is 16.0 Å². The van der Waals surface area contributed by atoms with Gasteiger partial charge in [0, 0.05) is 17.3 Å². The molecule has 1 rings (SSSR count). The van der Waals surface area contributed by atoms with E-state index in [1.807, 2.05) is 20.8 Å². The lowest BCUT2D eigenvalue weighted by molar-refractivity contribution is 0.0690. The SMILES string of the molecule is CCC(CC)C(C)NS(=O)(=O)c1c(C)[nH]c(C(=O)O)c1C. The summed E-state index contributed by atoms with van der Waals surface area (Å²) in [5.74, 6) is -0.914. The Hall–Kier alpha value is -1.34.